The van der Waals surface area contributed by atoms with E-state index in [0.717, 1.165) is 56.6 Å². The van der Waals surface area contributed by atoms with E-state index in [4.69, 9.17) is 14.7 Å². The van der Waals surface area contributed by atoms with Crippen LogP contribution in [0.25, 0.3) is 45.0 Å². The third-order valence-corrected chi connectivity index (χ3v) is 7.90. The van der Waals surface area contributed by atoms with E-state index in [1.54, 1.807) is 0 Å². The Balaban J connectivity index is 1.19. The summed E-state index contributed by atoms with van der Waals surface area (Å²) in [6, 6.07) is 56.1. The molecule has 0 radical (unpaired) electrons. The second-order valence-corrected chi connectivity index (χ2v) is 10.7. The lowest BCUT2D eigenvalue weighted by Crippen LogP contribution is -2.15. The van der Waals surface area contributed by atoms with E-state index in [1.165, 1.54) is 11.1 Å². The summed E-state index contributed by atoms with van der Waals surface area (Å²) in [5, 5.41) is 0. The number of rotatable bonds is 5. The molecule has 0 aliphatic carbocycles. The van der Waals surface area contributed by atoms with Crippen LogP contribution in [0.1, 0.15) is 0 Å². The Kier molecular flexibility index (Phi) is 6.43. The number of para-hydroxylation sites is 4. The van der Waals surface area contributed by atoms with Gasteiger partial charge < -0.3 is 9.64 Å². The third-order valence-electron chi connectivity index (χ3n) is 7.90. The Morgan fingerprint density at radius 3 is 1.41 bits per heavy atom. The SMILES string of the molecule is c1ccc(-c2ccc(-c3cc(-c4ccccc4)nc(-c4ccc(N5c6ccccc6Oc6ccccc65)cc4)n3)cc2)cc1. The third kappa shape index (κ3) is 4.79. The largest absolute Gasteiger partial charge is 0.453 e. The lowest BCUT2D eigenvalue weighted by Gasteiger charge is -2.32. The summed E-state index contributed by atoms with van der Waals surface area (Å²) in [7, 11) is 0. The van der Waals surface area contributed by atoms with Crippen LogP contribution in [0.4, 0.5) is 17.1 Å². The number of ether oxygens (including phenoxy) is 1. The smallest absolute Gasteiger partial charge is 0.160 e. The normalized spacial score (nSPS) is 11.8. The van der Waals surface area contributed by atoms with Crippen molar-refractivity contribution in [3.8, 4) is 56.5 Å². The Morgan fingerprint density at radius 2 is 0.818 bits per heavy atom. The molecule has 0 amide bonds. The van der Waals surface area contributed by atoms with Gasteiger partial charge in [0.2, 0.25) is 0 Å². The molecule has 0 fully saturated rings. The van der Waals surface area contributed by atoms with Gasteiger partial charge in [0, 0.05) is 22.4 Å². The molecule has 0 spiro atoms. The molecule has 44 heavy (non-hydrogen) atoms. The van der Waals surface area contributed by atoms with Crippen molar-refractivity contribution in [2.75, 3.05) is 4.90 Å². The quantitative estimate of drug-likeness (QED) is 0.208. The number of benzene rings is 6. The zero-order valence-electron chi connectivity index (χ0n) is 23.8. The highest BCUT2D eigenvalue weighted by molar-refractivity contribution is 5.86. The van der Waals surface area contributed by atoms with Crippen molar-refractivity contribution in [3.05, 3.63) is 164 Å². The monoisotopic (exact) mass is 565 g/mol. The molecular formula is C40H27N3O. The first-order valence-corrected chi connectivity index (χ1v) is 14.7. The van der Waals surface area contributed by atoms with Crippen molar-refractivity contribution in [2.45, 2.75) is 0 Å². The van der Waals surface area contributed by atoms with Crippen molar-refractivity contribution in [3.63, 3.8) is 0 Å². The molecule has 208 valence electrons. The summed E-state index contributed by atoms with van der Waals surface area (Å²) in [4.78, 5) is 12.3. The molecule has 0 unspecified atom stereocenters. The van der Waals surface area contributed by atoms with Crippen LogP contribution < -0.4 is 9.64 Å². The highest BCUT2D eigenvalue weighted by Crippen LogP contribution is 2.50. The van der Waals surface area contributed by atoms with Crippen LogP contribution in [0.2, 0.25) is 0 Å². The lowest BCUT2D eigenvalue weighted by molar-refractivity contribution is 0.477. The van der Waals surface area contributed by atoms with Crippen molar-refractivity contribution in [1.82, 2.24) is 9.97 Å². The minimum atomic E-state index is 0.683. The second-order valence-electron chi connectivity index (χ2n) is 10.7. The molecule has 7 aromatic rings. The lowest BCUT2D eigenvalue weighted by atomic mass is 10.0. The number of hydrogen-bond donors (Lipinski definition) is 0. The molecule has 0 saturated carbocycles. The van der Waals surface area contributed by atoms with E-state index in [0.29, 0.717) is 5.82 Å². The van der Waals surface area contributed by atoms with Gasteiger partial charge in [-0.05, 0) is 65.7 Å². The minimum Gasteiger partial charge on any atom is -0.453 e. The standard InChI is InChI=1S/C40H27N3O/c1-3-11-28(12-4-1)29-19-21-31(22-20-29)35-27-34(30-13-5-2-6-14-30)41-40(42-35)32-23-25-33(26-24-32)43-36-15-7-9-17-38(36)44-39-18-10-8-16-37(39)43/h1-27H. The number of aromatic nitrogens is 2. The molecular weight excluding hydrogens is 538 g/mol. The average Bonchev–Trinajstić information content (AvgIpc) is 3.11. The first-order valence-electron chi connectivity index (χ1n) is 14.7. The number of anilines is 3. The molecule has 4 heteroatoms. The maximum Gasteiger partial charge on any atom is 0.160 e. The second kappa shape index (κ2) is 11.0. The van der Waals surface area contributed by atoms with Gasteiger partial charge in [-0.15, -0.1) is 0 Å². The fraction of sp³-hybridized carbons (Fsp3) is 0. The van der Waals surface area contributed by atoms with Crippen LogP contribution in [0.5, 0.6) is 11.5 Å². The highest BCUT2D eigenvalue weighted by atomic mass is 16.5. The van der Waals surface area contributed by atoms with Crippen LogP contribution in [-0.2, 0) is 0 Å². The maximum absolute atomic E-state index is 6.20. The fourth-order valence-corrected chi connectivity index (χ4v) is 5.69. The first-order chi connectivity index (χ1) is 21.8. The Labute approximate surface area is 256 Å². The van der Waals surface area contributed by atoms with Crippen LogP contribution in [0, 0.1) is 0 Å². The summed E-state index contributed by atoms with van der Waals surface area (Å²) >= 11 is 0. The molecule has 4 nitrogen and oxygen atoms in total. The summed E-state index contributed by atoms with van der Waals surface area (Å²) in [5.74, 6) is 2.34. The Hall–Kier alpha value is -6.00. The van der Waals surface area contributed by atoms with E-state index in [9.17, 15) is 0 Å². The van der Waals surface area contributed by atoms with E-state index in [2.05, 4.69) is 108 Å². The average molecular weight is 566 g/mol. The van der Waals surface area contributed by atoms with E-state index in [-0.39, 0.29) is 0 Å². The molecule has 1 aromatic heterocycles. The van der Waals surface area contributed by atoms with Gasteiger partial charge in [0.05, 0.1) is 22.8 Å². The molecule has 0 atom stereocenters. The van der Waals surface area contributed by atoms with Gasteiger partial charge in [-0.25, -0.2) is 9.97 Å². The topological polar surface area (TPSA) is 38.2 Å². The van der Waals surface area contributed by atoms with Gasteiger partial charge in [0.15, 0.2) is 17.3 Å². The van der Waals surface area contributed by atoms with Crippen LogP contribution in [-0.4, -0.2) is 9.97 Å². The summed E-state index contributed by atoms with van der Waals surface area (Å²) in [6.45, 7) is 0. The summed E-state index contributed by atoms with van der Waals surface area (Å²) < 4.78 is 6.20. The van der Waals surface area contributed by atoms with E-state index < -0.39 is 0 Å². The molecule has 0 saturated heterocycles. The number of fused-ring (bicyclic) bond motifs is 2. The summed E-state index contributed by atoms with van der Waals surface area (Å²) in [6.07, 6.45) is 0. The van der Waals surface area contributed by atoms with Gasteiger partial charge in [0.1, 0.15) is 0 Å². The molecule has 1 aliphatic heterocycles. The Bertz CT molecular complexity index is 2030. The van der Waals surface area contributed by atoms with Crippen molar-refractivity contribution in [1.29, 1.82) is 0 Å². The van der Waals surface area contributed by atoms with E-state index >= 15 is 0 Å². The van der Waals surface area contributed by atoms with E-state index in [1.807, 2.05) is 60.7 Å². The van der Waals surface area contributed by atoms with Crippen LogP contribution >= 0.6 is 0 Å². The zero-order chi connectivity index (χ0) is 29.3. The molecule has 0 bridgehead atoms. The predicted molar refractivity (Wildman–Crippen MR) is 179 cm³/mol. The van der Waals surface area contributed by atoms with Crippen LogP contribution in [0.3, 0.4) is 0 Å². The van der Waals surface area contributed by atoms with Crippen molar-refractivity contribution >= 4 is 17.1 Å². The molecule has 8 rings (SSSR count). The minimum absolute atomic E-state index is 0.683. The molecule has 2 heterocycles. The molecule has 6 aromatic carbocycles. The van der Waals surface area contributed by atoms with Gasteiger partial charge in [-0.1, -0.05) is 109 Å². The van der Waals surface area contributed by atoms with Gasteiger partial charge >= 0.3 is 0 Å². The molecule has 0 N–H and O–H groups in total. The first kappa shape index (κ1) is 25.7. The highest BCUT2D eigenvalue weighted by Gasteiger charge is 2.25. The van der Waals surface area contributed by atoms with Crippen molar-refractivity contribution < 1.29 is 4.74 Å². The van der Waals surface area contributed by atoms with Gasteiger partial charge in [-0.2, -0.15) is 0 Å². The Morgan fingerprint density at radius 1 is 0.386 bits per heavy atom. The van der Waals surface area contributed by atoms with Gasteiger partial charge in [-0.3, -0.25) is 0 Å². The molecule has 1 aliphatic rings. The zero-order valence-corrected chi connectivity index (χ0v) is 23.8. The van der Waals surface area contributed by atoms with Crippen molar-refractivity contribution in [2.24, 2.45) is 0 Å². The fourth-order valence-electron chi connectivity index (χ4n) is 5.69. The van der Waals surface area contributed by atoms with Crippen LogP contribution in [0.15, 0.2) is 164 Å². The summed E-state index contributed by atoms with van der Waals surface area (Å²) in [5.41, 5.74) is 10.2. The van der Waals surface area contributed by atoms with Gasteiger partial charge in [0.25, 0.3) is 0 Å². The maximum atomic E-state index is 6.20. The predicted octanol–water partition coefficient (Wildman–Crippen LogP) is 10.7. The number of hydrogen-bond acceptors (Lipinski definition) is 4. The number of nitrogens with zero attached hydrogens (tertiary/aromatic N) is 3.